The molecule has 0 spiro atoms. The predicted octanol–water partition coefficient (Wildman–Crippen LogP) is 4.34. The van der Waals surface area contributed by atoms with Gasteiger partial charge in [-0.1, -0.05) is 28.1 Å². The average Bonchev–Trinajstić information content (AvgIpc) is 2.15. The van der Waals surface area contributed by atoms with Gasteiger partial charge in [-0.15, -0.1) is 0 Å². The highest BCUT2D eigenvalue weighted by Crippen LogP contribution is 2.37. The van der Waals surface area contributed by atoms with Gasteiger partial charge in [0.05, 0.1) is 10.4 Å². The molecule has 0 amide bonds. The largest absolute Gasteiger partial charge is 0.417 e. The van der Waals surface area contributed by atoms with Crippen molar-refractivity contribution in [1.82, 2.24) is 0 Å². The molecular formula is C10H7BrF3IO. The highest BCUT2D eigenvalue weighted by molar-refractivity contribution is 14.1. The molecule has 0 aromatic heterocycles. The predicted molar refractivity (Wildman–Crippen MR) is 66.5 cm³/mol. The molecule has 0 aliphatic heterocycles. The molecule has 1 unspecified atom stereocenters. The Bertz CT molecular complexity index is 417. The molecule has 0 aliphatic carbocycles. The Morgan fingerprint density at radius 3 is 2.44 bits per heavy atom. The number of hydrogen-bond donors (Lipinski definition) is 0. The van der Waals surface area contributed by atoms with Crippen LogP contribution in [0.5, 0.6) is 0 Å². The third-order valence-corrected chi connectivity index (χ3v) is 4.31. The van der Waals surface area contributed by atoms with Crippen LogP contribution in [0.2, 0.25) is 0 Å². The number of carbonyl (C=O) groups is 1. The zero-order valence-corrected chi connectivity index (χ0v) is 11.9. The lowest BCUT2D eigenvalue weighted by Gasteiger charge is -2.14. The van der Waals surface area contributed by atoms with Crippen molar-refractivity contribution < 1.29 is 18.0 Å². The van der Waals surface area contributed by atoms with Crippen LogP contribution < -0.4 is 0 Å². The van der Waals surface area contributed by atoms with E-state index in [1.165, 1.54) is 19.1 Å². The van der Waals surface area contributed by atoms with Gasteiger partial charge in [-0.05, 0) is 41.1 Å². The van der Waals surface area contributed by atoms with E-state index in [0.717, 1.165) is 6.07 Å². The molecule has 0 heterocycles. The quantitative estimate of drug-likeness (QED) is 0.527. The maximum Gasteiger partial charge on any atom is 0.417 e. The highest BCUT2D eigenvalue weighted by Gasteiger charge is 2.34. The summed E-state index contributed by atoms with van der Waals surface area (Å²) in [5.41, 5.74) is -0.362. The monoisotopic (exact) mass is 406 g/mol. The van der Waals surface area contributed by atoms with Crippen molar-refractivity contribution in [3.8, 4) is 0 Å². The number of halogens is 5. The van der Waals surface area contributed by atoms with E-state index in [-0.39, 0.29) is 9.35 Å². The first-order valence-electron chi connectivity index (χ1n) is 4.25. The van der Waals surface area contributed by atoms with E-state index in [9.17, 15) is 18.0 Å². The lowest BCUT2D eigenvalue weighted by atomic mass is 10.1. The Labute approximate surface area is 113 Å². The van der Waals surface area contributed by atoms with Gasteiger partial charge in [0.15, 0.2) is 0 Å². The number of benzene rings is 1. The van der Waals surface area contributed by atoms with Gasteiger partial charge >= 0.3 is 6.18 Å². The van der Waals surface area contributed by atoms with E-state index < -0.39 is 16.6 Å². The maximum atomic E-state index is 12.6. The zero-order chi connectivity index (χ0) is 12.5. The van der Waals surface area contributed by atoms with Crippen molar-refractivity contribution in [3.63, 3.8) is 0 Å². The Morgan fingerprint density at radius 1 is 1.44 bits per heavy atom. The lowest BCUT2D eigenvalue weighted by Crippen LogP contribution is -2.11. The van der Waals surface area contributed by atoms with E-state index in [1.54, 1.807) is 22.6 Å². The van der Waals surface area contributed by atoms with E-state index in [1.807, 2.05) is 0 Å². The van der Waals surface area contributed by atoms with Crippen LogP contribution in [-0.2, 0) is 11.0 Å². The molecule has 0 aliphatic rings. The summed E-state index contributed by atoms with van der Waals surface area (Å²) in [7, 11) is 0. The van der Waals surface area contributed by atoms with Crippen LogP contribution in [0.1, 0.15) is 22.9 Å². The fourth-order valence-electron chi connectivity index (χ4n) is 1.18. The first-order valence-corrected chi connectivity index (χ1v) is 6.24. The minimum Gasteiger partial charge on any atom is -0.298 e. The van der Waals surface area contributed by atoms with Gasteiger partial charge in [-0.2, -0.15) is 13.2 Å². The van der Waals surface area contributed by atoms with Gasteiger partial charge in [-0.3, -0.25) is 4.79 Å². The summed E-state index contributed by atoms with van der Waals surface area (Å²) in [4.78, 5) is 10.4. The van der Waals surface area contributed by atoms with Crippen LogP contribution in [0.4, 0.5) is 13.2 Å². The Hall–Kier alpha value is -0.110. The first-order chi connectivity index (χ1) is 7.25. The van der Waals surface area contributed by atoms with Crippen LogP contribution in [0, 0.1) is 3.57 Å². The summed E-state index contributed by atoms with van der Waals surface area (Å²) < 4.78 is 37.8. The molecular weight excluding hydrogens is 400 g/mol. The molecule has 0 saturated carbocycles. The molecule has 88 valence electrons. The van der Waals surface area contributed by atoms with Crippen molar-refractivity contribution in [3.05, 3.63) is 32.9 Å². The SMILES string of the molecule is CC(=O)C(Br)c1cccc(C(F)(F)F)c1I. The number of hydrogen-bond acceptors (Lipinski definition) is 1. The molecule has 0 N–H and O–H groups in total. The molecule has 1 atom stereocenters. The molecule has 0 saturated heterocycles. The average molecular weight is 407 g/mol. The third-order valence-electron chi connectivity index (χ3n) is 1.96. The summed E-state index contributed by atoms with van der Waals surface area (Å²) in [5, 5.41) is 0. The van der Waals surface area contributed by atoms with Crippen molar-refractivity contribution in [2.45, 2.75) is 17.9 Å². The number of carbonyl (C=O) groups excluding carboxylic acids is 1. The summed E-state index contributed by atoms with van der Waals surface area (Å²) in [6, 6.07) is 3.82. The minimum atomic E-state index is -4.39. The second-order valence-electron chi connectivity index (χ2n) is 3.18. The molecule has 1 aromatic rings. The first kappa shape index (κ1) is 14.0. The number of rotatable bonds is 2. The minimum absolute atomic E-state index is 0.0599. The normalized spacial score (nSPS) is 13.6. The van der Waals surface area contributed by atoms with Gasteiger partial charge in [0.2, 0.25) is 0 Å². The Kier molecular flexibility index (Phi) is 4.39. The van der Waals surface area contributed by atoms with Crippen LogP contribution in [0.3, 0.4) is 0 Å². The molecule has 1 rings (SSSR count). The van der Waals surface area contributed by atoms with E-state index in [2.05, 4.69) is 15.9 Å². The number of Topliss-reactive ketones (excluding diaryl/α,β-unsaturated/α-hetero) is 1. The van der Waals surface area contributed by atoms with Crippen LogP contribution in [-0.4, -0.2) is 5.78 Å². The topological polar surface area (TPSA) is 17.1 Å². The molecule has 1 aromatic carbocycles. The van der Waals surface area contributed by atoms with E-state index >= 15 is 0 Å². The van der Waals surface area contributed by atoms with E-state index in [0.29, 0.717) is 5.56 Å². The van der Waals surface area contributed by atoms with Crippen molar-refractivity contribution in [2.24, 2.45) is 0 Å². The zero-order valence-electron chi connectivity index (χ0n) is 8.11. The molecule has 6 heteroatoms. The molecule has 1 nitrogen and oxygen atoms in total. The van der Waals surface area contributed by atoms with Gasteiger partial charge < -0.3 is 0 Å². The number of alkyl halides is 4. The molecule has 0 fully saturated rings. The van der Waals surface area contributed by atoms with Gasteiger partial charge in [0, 0.05) is 3.57 Å². The second-order valence-corrected chi connectivity index (χ2v) is 5.17. The second kappa shape index (κ2) is 5.03. The summed E-state index contributed by atoms with van der Waals surface area (Å²) in [6.45, 7) is 1.33. The highest BCUT2D eigenvalue weighted by atomic mass is 127. The van der Waals surface area contributed by atoms with Crippen molar-refractivity contribution in [2.75, 3.05) is 0 Å². The van der Waals surface area contributed by atoms with Gasteiger partial charge in [-0.25, -0.2) is 0 Å². The number of ketones is 1. The fraction of sp³-hybridized carbons (Fsp3) is 0.300. The molecule has 16 heavy (non-hydrogen) atoms. The van der Waals surface area contributed by atoms with Crippen LogP contribution in [0.15, 0.2) is 18.2 Å². The Morgan fingerprint density at radius 2 is 2.00 bits per heavy atom. The van der Waals surface area contributed by atoms with Crippen molar-refractivity contribution in [1.29, 1.82) is 0 Å². The summed E-state index contributed by atoms with van der Waals surface area (Å²) in [6.07, 6.45) is -4.39. The van der Waals surface area contributed by atoms with Crippen LogP contribution >= 0.6 is 38.5 Å². The Balaban J connectivity index is 3.30. The third kappa shape index (κ3) is 2.97. The van der Waals surface area contributed by atoms with E-state index in [4.69, 9.17) is 0 Å². The smallest absolute Gasteiger partial charge is 0.298 e. The lowest BCUT2D eigenvalue weighted by molar-refractivity contribution is -0.138. The van der Waals surface area contributed by atoms with Crippen molar-refractivity contribution >= 4 is 44.3 Å². The van der Waals surface area contributed by atoms with Gasteiger partial charge in [0.25, 0.3) is 0 Å². The standard InChI is InChI=1S/C10H7BrF3IO/c1-5(16)8(11)6-3-2-4-7(9(6)15)10(12,13)14/h2-4,8H,1H3. The molecule has 0 radical (unpaired) electrons. The fourth-order valence-corrected chi connectivity index (χ4v) is 2.97. The summed E-state index contributed by atoms with van der Waals surface area (Å²) >= 11 is 4.69. The van der Waals surface area contributed by atoms with Gasteiger partial charge in [0.1, 0.15) is 5.78 Å². The maximum absolute atomic E-state index is 12.6. The molecule has 0 bridgehead atoms. The summed E-state index contributed by atoms with van der Waals surface area (Å²) in [5.74, 6) is -0.225. The van der Waals surface area contributed by atoms with Crippen LogP contribution in [0.25, 0.3) is 0 Å².